The topological polar surface area (TPSA) is 119 Å². The fourth-order valence-corrected chi connectivity index (χ4v) is 5.55. The molecule has 0 bridgehead atoms. The maximum absolute atomic E-state index is 16.5. The first-order valence-corrected chi connectivity index (χ1v) is 14.3. The average molecular weight is 599 g/mol. The van der Waals surface area contributed by atoms with Gasteiger partial charge in [0.2, 0.25) is 0 Å². The number of fused-ring (bicyclic) bond motifs is 5. The molecule has 2 aromatic carbocycles. The van der Waals surface area contributed by atoms with Crippen LogP contribution < -0.4 is 19.7 Å². The Kier molecular flexibility index (Phi) is 6.60. The number of aryl methyl sites for hydroxylation is 1. The largest absolute Gasteiger partial charge is 0.489 e. The molecule has 226 valence electrons. The Bertz CT molecular complexity index is 1910. The van der Waals surface area contributed by atoms with Crippen LogP contribution >= 0.6 is 0 Å². The number of nitrogens with one attached hydrogen (secondary N) is 1. The van der Waals surface area contributed by atoms with Gasteiger partial charge in [-0.1, -0.05) is 0 Å². The molecule has 2 aliphatic rings. The predicted octanol–water partition coefficient (Wildman–Crippen LogP) is 5.47. The van der Waals surface area contributed by atoms with E-state index in [2.05, 4.69) is 25.4 Å². The molecule has 2 aliphatic heterocycles. The number of carbonyl (C=O) groups excluding carboxylic acids is 1. The summed E-state index contributed by atoms with van der Waals surface area (Å²) in [4.78, 5) is 29.2. The SMILES string of the molecule is Cc1cc(Nc2ncnc3cc4c(c(F)c23)N2CCN(C(=O)OC(C)(C)C)C[C@H]2CO4)ccc1Oc1ccn2ncnc2c1. The van der Waals surface area contributed by atoms with Crippen LogP contribution in [-0.4, -0.2) is 73.4 Å². The number of rotatable bonds is 4. The van der Waals surface area contributed by atoms with Gasteiger partial charge in [-0.2, -0.15) is 5.10 Å². The molecule has 1 amide bonds. The summed E-state index contributed by atoms with van der Waals surface area (Å²) in [7, 11) is 0. The molecule has 5 heterocycles. The molecule has 13 heteroatoms. The van der Waals surface area contributed by atoms with Crippen molar-refractivity contribution in [1.29, 1.82) is 0 Å². The number of hydrogen-bond donors (Lipinski definition) is 1. The minimum absolute atomic E-state index is 0.225. The third-order valence-electron chi connectivity index (χ3n) is 7.58. The Morgan fingerprint density at radius 1 is 1.09 bits per heavy atom. The van der Waals surface area contributed by atoms with Gasteiger partial charge < -0.3 is 29.3 Å². The van der Waals surface area contributed by atoms with Crippen LogP contribution in [0, 0.1) is 12.7 Å². The van der Waals surface area contributed by atoms with E-state index in [1.54, 1.807) is 27.7 Å². The minimum Gasteiger partial charge on any atom is -0.489 e. The fraction of sp³-hybridized carbons (Fsp3) is 0.323. The number of benzene rings is 2. The van der Waals surface area contributed by atoms with Gasteiger partial charge >= 0.3 is 6.09 Å². The summed E-state index contributed by atoms with van der Waals surface area (Å²) in [5.74, 6) is 1.58. The van der Waals surface area contributed by atoms with Gasteiger partial charge in [-0.25, -0.2) is 28.7 Å². The monoisotopic (exact) mass is 598 g/mol. The van der Waals surface area contributed by atoms with Crippen LogP contribution in [0.3, 0.4) is 0 Å². The Labute approximate surface area is 252 Å². The summed E-state index contributed by atoms with van der Waals surface area (Å²) in [6, 6.07) is 10.7. The summed E-state index contributed by atoms with van der Waals surface area (Å²) in [6.07, 6.45) is 4.28. The van der Waals surface area contributed by atoms with Gasteiger partial charge in [0.05, 0.1) is 16.9 Å². The van der Waals surface area contributed by atoms with Gasteiger partial charge in [0.25, 0.3) is 0 Å². The zero-order valence-corrected chi connectivity index (χ0v) is 24.7. The molecule has 7 rings (SSSR count). The van der Waals surface area contributed by atoms with E-state index in [1.807, 2.05) is 56.9 Å². The van der Waals surface area contributed by atoms with Crippen molar-refractivity contribution in [2.45, 2.75) is 39.3 Å². The predicted molar refractivity (Wildman–Crippen MR) is 161 cm³/mol. The van der Waals surface area contributed by atoms with Gasteiger partial charge in [-0.3, -0.25) is 0 Å². The van der Waals surface area contributed by atoms with E-state index in [1.165, 1.54) is 12.7 Å². The first-order chi connectivity index (χ1) is 21.1. The summed E-state index contributed by atoms with van der Waals surface area (Å²) < 4.78 is 35.8. The number of anilines is 3. The van der Waals surface area contributed by atoms with Crippen LogP contribution in [0.2, 0.25) is 0 Å². The fourth-order valence-electron chi connectivity index (χ4n) is 5.55. The number of piperazine rings is 1. The van der Waals surface area contributed by atoms with Crippen LogP contribution in [0.25, 0.3) is 16.6 Å². The number of aromatic nitrogens is 5. The standard InChI is InChI=1S/C31H31FN8O4/c1-18-11-19(5-6-23(18)43-21-7-8-40-25(12-21)34-17-36-40)37-29-26-22(33-16-35-29)13-24-28(27(26)32)39-10-9-38(14-20(39)15-42-24)30(41)44-31(2,3)4/h5-8,11-13,16-17,20H,9-10,14-15H2,1-4H3,(H,33,35,37)/t20-/m0/s1. The number of hydrogen-bond acceptors (Lipinski definition) is 10. The van der Waals surface area contributed by atoms with Crippen molar-refractivity contribution in [3.05, 3.63) is 66.6 Å². The molecule has 1 N–H and O–H groups in total. The molecule has 1 atom stereocenters. The molecule has 1 fully saturated rings. The molecule has 12 nitrogen and oxygen atoms in total. The van der Waals surface area contributed by atoms with E-state index >= 15 is 4.39 Å². The smallest absolute Gasteiger partial charge is 0.410 e. The van der Waals surface area contributed by atoms with Crippen LogP contribution in [0.5, 0.6) is 17.2 Å². The first-order valence-electron chi connectivity index (χ1n) is 14.3. The molecule has 44 heavy (non-hydrogen) atoms. The second-order valence-corrected chi connectivity index (χ2v) is 11.9. The summed E-state index contributed by atoms with van der Waals surface area (Å²) in [5.41, 5.74) is 2.43. The maximum atomic E-state index is 16.5. The molecule has 0 unspecified atom stereocenters. The number of pyridine rings is 1. The highest BCUT2D eigenvalue weighted by Gasteiger charge is 2.38. The summed E-state index contributed by atoms with van der Waals surface area (Å²) >= 11 is 0. The van der Waals surface area contributed by atoms with Crippen LogP contribution in [-0.2, 0) is 4.74 Å². The van der Waals surface area contributed by atoms with Crippen LogP contribution in [0.1, 0.15) is 26.3 Å². The lowest BCUT2D eigenvalue weighted by atomic mass is 10.1. The van der Waals surface area contributed by atoms with Crippen molar-refractivity contribution in [2.75, 3.05) is 36.5 Å². The van der Waals surface area contributed by atoms with Crippen molar-refractivity contribution in [3.8, 4) is 17.2 Å². The molecule has 0 saturated carbocycles. The number of ether oxygens (including phenoxy) is 3. The summed E-state index contributed by atoms with van der Waals surface area (Å²) in [5, 5.41) is 7.62. The third kappa shape index (κ3) is 5.14. The van der Waals surface area contributed by atoms with Gasteiger partial charge in [0, 0.05) is 43.7 Å². The van der Waals surface area contributed by atoms with Gasteiger partial charge in [0.15, 0.2) is 11.5 Å². The molecule has 0 radical (unpaired) electrons. The van der Waals surface area contributed by atoms with Crippen molar-refractivity contribution < 1.29 is 23.4 Å². The van der Waals surface area contributed by atoms with Gasteiger partial charge in [0.1, 0.15) is 53.6 Å². The lowest BCUT2D eigenvalue weighted by molar-refractivity contribution is 0.0194. The van der Waals surface area contributed by atoms with Crippen molar-refractivity contribution >= 4 is 39.8 Å². The zero-order chi connectivity index (χ0) is 30.6. The average Bonchev–Trinajstić information content (AvgIpc) is 3.45. The number of halogens is 1. The number of carbonyl (C=O) groups is 1. The van der Waals surface area contributed by atoms with E-state index in [0.29, 0.717) is 71.8 Å². The Hall–Kier alpha value is -5.20. The Morgan fingerprint density at radius 2 is 1.95 bits per heavy atom. The third-order valence-corrected chi connectivity index (χ3v) is 7.58. The second kappa shape index (κ2) is 10.5. The molecule has 0 aliphatic carbocycles. The summed E-state index contributed by atoms with van der Waals surface area (Å²) in [6.45, 7) is 8.94. The highest BCUT2D eigenvalue weighted by atomic mass is 19.1. The minimum atomic E-state index is -0.599. The van der Waals surface area contributed by atoms with E-state index in [9.17, 15) is 4.79 Å². The first kappa shape index (κ1) is 27.6. The van der Waals surface area contributed by atoms with Gasteiger partial charge in [-0.15, -0.1) is 0 Å². The molecular weight excluding hydrogens is 567 g/mol. The van der Waals surface area contributed by atoms with Crippen LogP contribution in [0.4, 0.5) is 26.4 Å². The van der Waals surface area contributed by atoms with E-state index in [4.69, 9.17) is 14.2 Å². The van der Waals surface area contributed by atoms with Gasteiger partial charge in [-0.05, 0) is 57.5 Å². The molecule has 5 aromatic rings. The number of nitrogens with zero attached hydrogens (tertiary/aromatic N) is 7. The zero-order valence-electron chi connectivity index (χ0n) is 24.7. The second-order valence-electron chi connectivity index (χ2n) is 11.9. The maximum Gasteiger partial charge on any atom is 0.410 e. The lowest BCUT2D eigenvalue weighted by Gasteiger charge is -2.45. The van der Waals surface area contributed by atoms with E-state index < -0.39 is 11.4 Å². The molecule has 1 saturated heterocycles. The molecule has 0 spiro atoms. The van der Waals surface area contributed by atoms with Crippen molar-refractivity contribution in [3.63, 3.8) is 0 Å². The van der Waals surface area contributed by atoms with Crippen molar-refractivity contribution in [1.82, 2.24) is 29.5 Å². The Balaban J connectivity index is 1.14. The molecular formula is C31H31FN8O4. The highest BCUT2D eigenvalue weighted by Crippen LogP contribution is 2.43. The molecule has 3 aromatic heterocycles. The number of amides is 1. The van der Waals surface area contributed by atoms with Crippen LogP contribution in [0.15, 0.2) is 55.2 Å². The van der Waals surface area contributed by atoms with E-state index in [0.717, 1.165) is 5.56 Å². The van der Waals surface area contributed by atoms with E-state index in [-0.39, 0.29) is 17.5 Å². The Morgan fingerprint density at radius 3 is 2.77 bits per heavy atom. The normalized spacial score (nSPS) is 16.3. The highest BCUT2D eigenvalue weighted by molar-refractivity contribution is 5.96. The quantitative estimate of drug-likeness (QED) is 0.285. The van der Waals surface area contributed by atoms with Crippen molar-refractivity contribution in [2.24, 2.45) is 0 Å². The lowest BCUT2D eigenvalue weighted by Crippen LogP contribution is -2.59.